The maximum absolute atomic E-state index is 9.22. The highest BCUT2D eigenvalue weighted by molar-refractivity contribution is 7.17. The van der Waals surface area contributed by atoms with E-state index >= 15 is 0 Å². The summed E-state index contributed by atoms with van der Waals surface area (Å²) in [7, 11) is 0. The zero-order valence-corrected chi connectivity index (χ0v) is 11.4. The van der Waals surface area contributed by atoms with Crippen LogP contribution in [0.2, 0.25) is 0 Å². The first-order chi connectivity index (χ1) is 9.22. The Hall–Kier alpha value is -2.00. The summed E-state index contributed by atoms with van der Waals surface area (Å²) in [6.07, 6.45) is 0. The highest BCUT2D eigenvalue weighted by Gasteiger charge is 2.05. The van der Waals surface area contributed by atoms with E-state index in [0.29, 0.717) is 6.61 Å². The van der Waals surface area contributed by atoms with Gasteiger partial charge in [0, 0.05) is 10.3 Å². The molecule has 0 saturated heterocycles. The van der Waals surface area contributed by atoms with Crippen LogP contribution in [-0.4, -0.2) is 5.11 Å². The molecule has 0 aliphatic carbocycles. The minimum atomic E-state index is 0.254. The van der Waals surface area contributed by atoms with Crippen molar-refractivity contribution in [3.8, 4) is 11.5 Å². The van der Waals surface area contributed by atoms with Crippen molar-refractivity contribution in [2.45, 2.75) is 13.5 Å². The van der Waals surface area contributed by atoms with Gasteiger partial charge >= 0.3 is 0 Å². The van der Waals surface area contributed by atoms with Gasteiger partial charge in [0.05, 0.1) is 0 Å². The molecule has 0 atom stereocenters. The fraction of sp³-hybridized carbons (Fsp3) is 0.125. The summed E-state index contributed by atoms with van der Waals surface area (Å²) < 4.78 is 7.03. The summed E-state index contributed by atoms with van der Waals surface area (Å²) in [6, 6.07) is 13.3. The van der Waals surface area contributed by atoms with Crippen molar-refractivity contribution in [1.82, 2.24) is 0 Å². The Kier molecular flexibility index (Phi) is 3.13. The first kappa shape index (κ1) is 12.1. The molecule has 2 nitrogen and oxygen atoms in total. The summed E-state index contributed by atoms with van der Waals surface area (Å²) in [5.74, 6) is 1.02. The van der Waals surface area contributed by atoms with Crippen LogP contribution in [0.25, 0.3) is 10.1 Å². The lowest BCUT2D eigenvalue weighted by atomic mass is 10.1. The number of benzene rings is 2. The van der Waals surface area contributed by atoms with Gasteiger partial charge in [-0.1, -0.05) is 12.1 Å². The molecule has 1 N–H and O–H groups in total. The Balaban J connectivity index is 1.80. The fourth-order valence-electron chi connectivity index (χ4n) is 2.01. The summed E-state index contributed by atoms with van der Waals surface area (Å²) in [5, 5.41) is 12.6. The predicted molar refractivity (Wildman–Crippen MR) is 79.0 cm³/mol. The maximum Gasteiger partial charge on any atom is 0.120 e. The van der Waals surface area contributed by atoms with Gasteiger partial charge in [0.1, 0.15) is 18.1 Å². The lowest BCUT2D eigenvalue weighted by molar-refractivity contribution is 0.307. The standard InChI is InChI=1S/C16H14O2S/c1-11-2-7-15-12(10-19-16(15)8-11)9-18-14-5-3-13(17)4-6-14/h2-8,10,17H,9H2,1H3. The highest BCUT2D eigenvalue weighted by atomic mass is 32.1. The number of phenols is 1. The van der Waals surface area contributed by atoms with Crippen molar-refractivity contribution >= 4 is 21.4 Å². The molecule has 96 valence electrons. The predicted octanol–water partition coefficient (Wildman–Crippen LogP) is 4.49. The summed E-state index contributed by atoms with van der Waals surface area (Å²) in [6.45, 7) is 2.65. The minimum Gasteiger partial charge on any atom is -0.508 e. The maximum atomic E-state index is 9.22. The number of fused-ring (bicyclic) bond motifs is 1. The molecule has 0 amide bonds. The topological polar surface area (TPSA) is 29.5 Å². The number of hydrogen-bond donors (Lipinski definition) is 1. The zero-order valence-electron chi connectivity index (χ0n) is 10.6. The average Bonchev–Trinajstić information content (AvgIpc) is 2.80. The Bertz CT molecular complexity index is 698. The van der Waals surface area contributed by atoms with Crippen molar-refractivity contribution < 1.29 is 9.84 Å². The van der Waals surface area contributed by atoms with Gasteiger partial charge in [-0.05, 0) is 53.6 Å². The lowest BCUT2D eigenvalue weighted by Gasteiger charge is -2.05. The summed E-state index contributed by atoms with van der Waals surface area (Å²) in [5.41, 5.74) is 2.48. The molecule has 3 rings (SSSR count). The monoisotopic (exact) mass is 270 g/mol. The van der Waals surface area contributed by atoms with E-state index in [2.05, 4.69) is 30.5 Å². The molecule has 0 unspecified atom stereocenters. The number of thiophene rings is 1. The second-order valence-corrected chi connectivity index (χ2v) is 5.45. The van der Waals surface area contributed by atoms with Crippen LogP contribution in [0.15, 0.2) is 47.8 Å². The third-order valence-electron chi connectivity index (χ3n) is 3.04. The SMILES string of the molecule is Cc1ccc2c(COc3ccc(O)cc3)csc2c1. The van der Waals surface area contributed by atoms with Crippen LogP contribution in [-0.2, 0) is 6.61 Å². The molecule has 0 bridgehead atoms. The van der Waals surface area contributed by atoms with E-state index in [-0.39, 0.29) is 5.75 Å². The largest absolute Gasteiger partial charge is 0.508 e. The van der Waals surface area contributed by atoms with E-state index in [1.54, 1.807) is 35.6 Å². The third kappa shape index (κ3) is 2.56. The van der Waals surface area contributed by atoms with E-state index in [0.717, 1.165) is 5.75 Å². The average molecular weight is 270 g/mol. The van der Waals surface area contributed by atoms with E-state index in [4.69, 9.17) is 4.74 Å². The molecular formula is C16H14O2S. The fourth-order valence-corrected chi connectivity index (χ4v) is 3.05. The molecule has 0 saturated carbocycles. The Labute approximate surface area is 115 Å². The number of aromatic hydroxyl groups is 1. The van der Waals surface area contributed by atoms with Gasteiger partial charge < -0.3 is 9.84 Å². The molecule has 3 aromatic rings. The lowest BCUT2D eigenvalue weighted by Crippen LogP contribution is -1.93. The van der Waals surface area contributed by atoms with E-state index in [1.165, 1.54) is 21.2 Å². The molecule has 0 fully saturated rings. The van der Waals surface area contributed by atoms with Crippen molar-refractivity contribution in [3.63, 3.8) is 0 Å². The zero-order chi connectivity index (χ0) is 13.2. The van der Waals surface area contributed by atoms with Gasteiger partial charge in [-0.3, -0.25) is 0 Å². The van der Waals surface area contributed by atoms with Gasteiger partial charge in [0.2, 0.25) is 0 Å². The Morgan fingerprint density at radius 1 is 1.11 bits per heavy atom. The van der Waals surface area contributed by atoms with E-state index < -0.39 is 0 Å². The van der Waals surface area contributed by atoms with Crippen LogP contribution in [0.4, 0.5) is 0 Å². The minimum absolute atomic E-state index is 0.254. The van der Waals surface area contributed by atoms with Gasteiger partial charge in [0.25, 0.3) is 0 Å². The molecule has 19 heavy (non-hydrogen) atoms. The second-order valence-electron chi connectivity index (χ2n) is 4.54. The number of rotatable bonds is 3. The second kappa shape index (κ2) is 4.94. The van der Waals surface area contributed by atoms with Crippen LogP contribution in [0.5, 0.6) is 11.5 Å². The van der Waals surface area contributed by atoms with Crippen LogP contribution in [0, 0.1) is 6.92 Å². The van der Waals surface area contributed by atoms with E-state index in [1.807, 2.05) is 0 Å². The molecule has 1 heterocycles. The smallest absolute Gasteiger partial charge is 0.120 e. The van der Waals surface area contributed by atoms with Crippen molar-refractivity contribution in [1.29, 1.82) is 0 Å². The molecular weight excluding hydrogens is 256 g/mol. The van der Waals surface area contributed by atoms with Crippen LogP contribution in [0.3, 0.4) is 0 Å². The number of ether oxygens (including phenoxy) is 1. The molecule has 0 spiro atoms. The first-order valence-electron chi connectivity index (χ1n) is 6.11. The molecule has 0 aliphatic rings. The van der Waals surface area contributed by atoms with Gasteiger partial charge in [-0.25, -0.2) is 0 Å². The number of hydrogen-bond acceptors (Lipinski definition) is 3. The van der Waals surface area contributed by atoms with Gasteiger partial charge in [-0.2, -0.15) is 0 Å². The molecule has 0 radical (unpaired) electrons. The molecule has 3 heteroatoms. The first-order valence-corrected chi connectivity index (χ1v) is 6.99. The third-order valence-corrected chi connectivity index (χ3v) is 4.04. The normalized spacial score (nSPS) is 10.8. The van der Waals surface area contributed by atoms with Crippen LogP contribution < -0.4 is 4.74 Å². The Morgan fingerprint density at radius 3 is 2.68 bits per heavy atom. The van der Waals surface area contributed by atoms with Gasteiger partial charge in [-0.15, -0.1) is 11.3 Å². The van der Waals surface area contributed by atoms with Crippen LogP contribution in [0.1, 0.15) is 11.1 Å². The van der Waals surface area contributed by atoms with Gasteiger partial charge in [0.15, 0.2) is 0 Å². The molecule has 1 aromatic heterocycles. The molecule has 0 aliphatic heterocycles. The van der Waals surface area contributed by atoms with Crippen molar-refractivity contribution in [2.75, 3.05) is 0 Å². The highest BCUT2D eigenvalue weighted by Crippen LogP contribution is 2.28. The Morgan fingerprint density at radius 2 is 1.89 bits per heavy atom. The van der Waals surface area contributed by atoms with Crippen LogP contribution >= 0.6 is 11.3 Å². The quantitative estimate of drug-likeness (QED) is 0.759. The van der Waals surface area contributed by atoms with Crippen molar-refractivity contribution in [2.24, 2.45) is 0 Å². The summed E-state index contributed by atoms with van der Waals surface area (Å²) >= 11 is 1.75. The summed E-state index contributed by atoms with van der Waals surface area (Å²) in [4.78, 5) is 0. The number of aryl methyl sites for hydroxylation is 1. The number of phenolic OH excluding ortho intramolecular Hbond substituents is 1. The van der Waals surface area contributed by atoms with Crippen molar-refractivity contribution in [3.05, 3.63) is 59.0 Å². The van der Waals surface area contributed by atoms with E-state index in [9.17, 15) is 5.11 Å². The molecule has 2 aromatic carbocycles.